The first-order valence-electron chi connectivity index (χ1n) is 32.5. The van der Waals surface area contributed by atoms with E-state index in [1.807, 2.05) is 72.8 Å². The summed E-state index contributed by atoms with van der Waals surface area (Å²) in [6, 6.07) is 122. The van der Waals surface area contributed by atoms with E-state index >= 15 is 0 Å². The Kier molecular flexibility index (Phi) is 13.6. The van der Waals surface area contributed by atoms with Crippen LogP contribution in [-0.2, 0) is 0 Å². The molecule has 0 fully saturated rings. The van der Waals surface area contributed by atoms with Gasteiger partial charge in [-0.1, -0.05) is 255 Å². The highest BCUT2D eigenvalue weighted by Crippen LogP contribution is 2.49. The van der Waals surface area contributed by atoms with Gasteiger partial charge in [-0.2, -0.15) is 0 Å². The molecule has 0 bridgehead atoms. The lowest BCUT2D eigenvalue weighted by atomic mass is 9.33. The number of hydrogen-bond donors (Lipinski definition) is 0. The van der Waals surface area contributed by atoms with Crippen LogP contribution < -0.4 is 26.2 Å². The number of benzene rings is 14. The molecule has 14 aromatic carbocycles. The minimum Gasteiger partial charge on any atom is -0.311 e. The summed E-state index contributed by atoms with van der Waals surface area (Å²) in [6.07, 6.45) is 0. The maximum absolute atomic E-state index is 8.50. The van der Waals surface area contributed by atoms with Crippen LogP contribution in [-0.4, -0.2) is 26.2 Å². The summed E-state index contributed by atoms with van der Waals surface area (Å²) in [6.45, 7) is 8.34. The van der Waals surface area contributed by atoms with Crippen LogP contribution in [0.25, 0.3) is 122 Å². The van der Waals surface area contributed by atoms with E-state index in [0.717, 1.165) is 95.0 Å². The highest BCUT2D eigenvalue weighted by molar-refractivity contribution is 7.00. The number of anilines is 6. The van der Waals surface area contributed by atoms with Crippen molar-refractivity contribution in [1.82, 2.24) is 19.5 Å². The van der Waals surface area contributed by atoms with Crippen LogP contribution in [0.4, 0.5) is 39.8 Å². The van der Waals surface area contributed by atoms with E-state index in [0.29, 0.717) is 28.7 Å². The van der Waals surface area contributed by atoms with Gasteiger partial charge in [0.1, 0.15) is 0 Å². The topological polar surface area (TPSA) is 54.4 Å². The predicted molar refractivity (Wildman–Crippen MR) is 398 cm³/mol. The van der Waals surface area contributed by atoms with Gasteiger partial charge in [-0.3, -0.25) is 0 Å². The van der Waals surface area contributed by atoms with Gasteiger partial charge in [-0.15, -0.1) is 0 Å². The van der Waals surface area contributed by atoms with Gasteiger partial charge >= 0.3 is 0 Å². The van der Waals surface area contributed by atoms with Gasteiger partial charge in [0, 0.05) is 67.3 Å². The fourth-order valence-corrected chi connectivity index (χ4v) is 14.5. The van der Waals surface area contributed by atoms with Crippen LogP contribution >= 0.6 is 0 Å². The van der Waals surface area contributed by atoms with Crippen molar-refractivity contribution >= 4 is 84.7 Å². The van der Waals surface area contributed by atoms with Gasteiger partial charge in [-0.05, 0) is 157 Å². The Morgan fingerprint density at radius 1 is 0.260 bits per heavy atom. The van der Waals surface area contributed by atoms with E-state index in [4.69, 9.17) is 21.5 Å². The molecule has 0 saturated carbocycles. The zero-order chi connectivity index (χ0) is 63.6. The third-order valence-corrected chi connectivity index (χ3v) is 19.0. The number of rotatable bonds is 11. The van der Waals surface area contributed by atoms with E-state index < -0.39 is 0 Å². The van der Waals surface area contributed by atoms with E-state index in [-0.39, 0.29) is 6.71 Å². The summed E-state index contributed by atoms with van der Waals surface area (Å²) in [5.74, 6) is 1.60. The normalized spacial score (nSPS) is 12.1. The minimum atomic E-state index is -0.162. The number of nitrogens with zero attached hydrogens (tertiary/aromatic N) is 7. The van der Waals surface area contributed by atoms with Crippen molar-refractivity contribution in [2.45, 2.75) is 0 Å². The number of hydrogen-bond acceptors (Lipinski definition) is 5. The lowest BCUT2D eigenvalue weighted by molar-refractivity contribution is 1.07. The van der Waals surface area contributed by atoms with Crippen molar-refractivity contribution in [3.8, 4) is 95.5 Å². The lowest BCUT2D eigenvalue weighted by Gasteiger charge is -2.44. The Morgan fingerprint density at radius 3 is 1.10 bits per heavy atom. The van der Waals surface area contributed by atoms with Crippen LogP contribution in [0.1, 0.15) is 0 Å². The van der Waals surface area contributed by atoms with Crippen LogP contribution in [0.5, 0.6) is 0 Å². The highest BCUT2D eigenvalue weighted by atomic mass is 15.2. The first-order chi connectivity index (χ1) is 47.5. The maximum Gasteiger partial charge on any atom is 0.252 e. The highest BCUT2D eigenvalue weighted by Gasteiger charge is 2.44. The van der Waals surface area contributed by atoms with Crippen LogP contribution in [0.2, 0.25) is 0 Å². The molecule has 4 heterocycles. The summed E-state index contributed by atoms with van der Waals surface area (Å²) < 4.78 is 2.29. The molecule has 8 heteroatoms. The molecule has 0 N–H and O–H groups in total. The molecule has 0 radical (unpaired) electrons. The molecule has 2 aromatic heterocycles. The molecular formula is C88H56BN7. The van der Waals surface area contributed by atoms with Crippen molar-refractivity contribution in [3.05, 3.63) is 351 Å². The molecule has 18 rings (SSSR count). The molecule has 2 aliphatic heterocycles. The maximum atomic E-state index is 8.50. The molecule has 0 spiro atoms. The second-order valence-electron chi connectivity index (χ2n) is 24.6. The molecule has 2 aliphatic rings. The summed E-state index contributed by atoms with van der Waals surface area (Å²) >= 11 is 0. The molecule has 16 aromatic rings. The number of aromatic nitrogens is 4. The first kappa shape index (κ1) is 55.9. The summed E-state index contributed by atoms with van der Waals surface area (Å²) in [7, 11) is 0. The van der Waals surface area contributed by atoms with Gasteiger partial charge < -0.3 is 14.4 Å². The first-order valence-corrected chi connectivity index (χ1v) is 32.5. The summed E-state index contributed by atoms with van der Waals surface area (Å²) in [4.78, 5) is 24.3. The molecule has 0 atom stereocenters. The lowest BCUT2D eigenvalue weighted by Crippen LogP contribution is -2.61. The Labute approximate surface area is 557 Å². The van der Waals surface area contributed by atoms with Crippen LogP contribution in [0.15, 0.2) is 340 Å². The second kappa shape index (κ2) is 23.3. The Balaban J connectivity index is 0.865. The van der Waals surface area contributed by atoms with E-state index in [1.54, 1.807) is 0 Å². The van der Waals surface area contributed by atoms with E-state index in [2.05, 4.69) is 286 Å². The monoisotopic (exact) mass is 1220 g/mol. The zero-order valence-electron chi connectivity index (χ0n) is 52.0. The molecule has 0 aliphatic carbocycles. The fraction of sp³-hybridized carbons (Fsp3) is 0. The van der Waals surface area contributed by atoms with E-state index in [9.17, 15) is 0 Å². The fourth-order valence-electron chi connectivity index (χ4n) is 14.5. The van der Waals surface area contributed by atoms with Crippen molar-refractivity contribution in [1.29, 1.82) is 0 Å². The number of fused-ring (bicyclic) bond motifs is 7. The molecule has 0 amide bonds. The Hall–Kier alpha value is -13.0. The van der Waals surface area contributed by atoms with Crippen LogP contribution in [0.3, 0.4) is 0 Å². The quantitative estimate of drug-likeness (QED) is 0.0954. The molecule has 96 heavy (non-hydrogen) atoms. The van der Waals surface area contributed by atoms with Crippen molar-refractivity contribution in [2.75, 3.05) is 9.80 Å². The van der Waals surface area contributed by atoms with Gasteiger partial charge in [0.15, 0.2) is 23.2 Å². The second-order valence-corrected chi connectivity index (χ2v) is 24.6. The largest absolute Gasteiger partial charge is 0.311 e. The average Bonchev–Trinajstić information content (AvgIpc) is 0.756. The van der Waals surface area contributed by atoms with Gasteiger partial charge in [-0.25, -0.2) is 19.8 Å². The van der Waals surface area contributed by atoms with Gasteiger partial charge in [0.25, 0.3) is 6.71 Å². The third kappa shape index (κ3) is 9.73. The van der Waals surface area contributed by atoms with Gasteiger partial charge in [0.05, 0.1) is 17.6 Å². The van der Waals surface area contributed by atoms with Crippen molar-refractivity contribution < 1.29 is 0 Å². The molecular weight excluding hydrogens is 1170 g/mol. The standard InChI is InChI=1S/C88H56BN7/c1-90-71-50-70(88-92-86(64-30-16-6-17-31-64)91-87(93-88)65-32-18-7-19-33-65)51-74(57-71)96-79-35-21-20-34-75(79)76-52-66(40-47-80(76)96)69-55-83-85-84(56-69)95(73-45-38-63(39-46-73)59-24-10-3-11-25-59)82-49-42-68(61-28-14-5-15-29-61)54-78(82)89(85)77-53-67(60-26-12-4-13-27-60)41-48-81(77)94(83)72-43-36-62(37-44-72)58-22-8-2-9-23-58/h2-57H. The van der Waals surface area contributed by atoms with Gasteiger partial charge in [0.2, 0.25) is 0 Å². The number of para-hydroxylation sites is 1. The zero-order valence-corrected chi connectivity index (χ0v) is 52.0. The van der Waals surface area contributed by atoms with Crippen molar-refractivity contribution in [3.63, 3.8) is 0 Å². The molecule has 446 valence electrons. The summed E-state index contributed by atoms with van der Waals surface area (Å²) in [5.41, 5.74) is 27.5. The predicted octanol–water partition coefficient (Wildman–Crippen LogP) is 20.9. The molecule has 7 nitrogen and oxygen atoms in total. The molecule has 0 saturated heterocycles. The SMILES string of the molecule is [C-]#[N+]c1cc(-c2nc(-c3ccccc3)nc(-c3ccccc3)n2)cc(-n2c3ccccc3c3cc(-c4cc5c6c(c4)N(c4ccc(-c7ccccc7)cc4)c4ccc(-c7ccccc7)cc4B6c4cc(-c6ccccc6)ccc4N5c4ccc(-c5ccccc5)cc4)ccc32)c1. The average molecular weight is 1220 g/mol. The molecule has 0 unspecified atom stereocenters. The van der Waals surface area contributed by atoms with E-state index in [1.165, 1.54) is 49.8 Å². The Bertz CT molecular complexity index is 5440. The van der Waals surface area contributed by atoms with Crippen molar-refractivity contribution in [2.24, 2.45) is 0 Å². The van der Waals surface area contributed by atoms with Crippen LogP contribution in [0, 0.1) is 6.57 Å². The third-order valence-electron chi connectivity index (χ3n) is 19.0. The Morgan fingerprint density at radius 2 is 0.635 bits per heavy atom. The minimum absolute atomic E-state index is 0.162. The summed E-state index contributed by atoms with van der Waals surface area (Å²) in [5, 5.41) is 2.17. The smallest absolute Gasteiger partial charge is 0.252 e.